The van der Waals surface area contributed by atoms with Gasteiger partial charge in [0.05, 0.1) is 10.8 Å². The van der Waals surface area contributed by atoms with Crippen LogP contribution in [0.15, 0.2) is 12.3 Å². The van der Waals surface area contributed by atoms with Gasteiger partial charge in [-0.2, -0.15) is 11.8 Å². The molecule has 1 saturated heterocycles. The second kappa shape index (κ2) is 4.23. The van der Waals surface area contributed by atoms with E-state index >= 15 is 0 Å². The van der Waals surface area contributed by atoms with Crippen LogP contribution in [-0.4, -0.2) is 21.8 Å². The molecule has 0 saturated carbocycles. The Morgan fingerprint density at radius 1 is 1.67 bits per heavy atom. The second-order valence-corrected chi connectivity index (χ2v) is 5.06. The lowest BCUT2D eigenvalue weighted by Crippen LogP contribution is -2.18. The van der Waals surface area contributed by atoms with E-state index in [2.05, 4.69) is 4.98 Å². The molecule has 1 aliphatic heterocycles. The number of carbonyl (C=O) groups excluding carboxylic acids is 1. The van der Waals surface area contributed by atoms with Crippen LogP contribution in [0, 0.1) is 6.92 Å². The number of aromatic nitrogens is 1. The number of anilines is 1. The minimum Gasteiger partial charge on any atom is -0.383 e. The fourth-order valence-electron chi connectivity index (χ4n) is 1.85. The number of hydrogen-bond acceptors (Lipinski definition) is 4. The number of nitrogen functional groups attached to an aromatic ring is 1. The van der Waals surface area contributed by atoms with Crippen molar-refractivity contribution in [2.45, 2.75) is 25.0 Å². The molecular formula is C11H14N2OS. The fraction of sp³-hybridized carbons (Fsp3) is 0.455. The summed E-state index contributed by atoms with van der Waals surface area (Å²) in [5.41, 5.74) is 7.30. The third-order valence-electron chi connectivity index (χ3n) is 2.66. The maximum atomic E-state index is 12.1. The maximum Gasteiger partial charge on any atom is 0.179 e. The van der Waals surface area contributed by atoms with Crippen LogP contribution in [-0.2, 0) is 0 Å². The molecule has 80 valence electrons. The highest BCUT2D eigenvalue weighted by Gasteiger charge is 2.27. The van der Waals surface area contributed by atoms with Crippen LogP contribution in [0.1, 0.15) is 28.8 Å². The van der Waals surface area contributed by atoms with E-state index in [1.165, 1.54) is 0 Å². The lowest BCUT2D eigenvalue weighted by atomic mass is 10.0. The molecule has 1 aromatic heterocycles. The number of thioether (sulfide) groups is 1. The number of aryl methyl sites for hydroxylation is 1. The third-order valence-corrected chi connectivity index (χ3v) is 4.03. The molecule has 2 rings (SSSR count). The Labute approximate surface area is 93.5 Å². The molecule has 0 aliphatic carbocycles. The highest BCUT2D eigenvalue weighted by molar-refractivity contribution is 8.00. The highest BCUT2D eigenvalue weighted by Crippen LogP contribution is 2.30. The SMILES string of the molecule is Cc1ccnc(N)c1C(=O)C1CCCS1. The molecule has 1 aromatic rings. The van der Waals surface area contributed by atoms with Crippen molar-refractivity contribution in [2.75, 3.05) is 11.5 Å². The Morgan fingerprint density at radius 2 is 2.47 bits per heavy atom. The molecule has 0 bridgehead atoms. The largest absolute Gasteiger partial charge is 0.383 e. The summed E-state index contributed by atoms with van der Waals surface area (Å²) in [5, 5.41) is 0.0928. The van der Waals surface area contributed by atoms with Crippen molar-refractivity contribution < 1.29 is 4.79 Å². The zero-order valence-corrected chi connectivity index (χ0v) is 9.51. The van der Waals surface area contributed by atoms with Crippen LogP contribution < -0.4 is 5.73 Å². The van der Waals surface area contributed by atoms with Gasteiger partial charge >= 0.3 is 0 Å². The smallest absolute Gasteiger partial charge is 0.179 e. The molecule has 2 N–H and O–H groups in total. The lowest BCUT2D eigenvalue weighted by molar-refractivity contribution is 0.0988. The second-order valence-electron chi connectivity index (χ2n) is 3.75. The predicted molar refractivity (Wildman–Crippen MR) is 63.2 cm³/mol. The van der Waals surface area contributed by atoms with E-state index in [4.69, 9.17) is 5.73 Å². The number of carbonyl (C=O) groups is 1. The summed E-state index contributed by atoms with van der Waals surface area (Å²) in [6, 6.07) is 1.84. The number of hydrogen-bond donors (Lipinski definition) is 1. The standard InChI is InChI=1S/C11H14N2OS/c1-7-4-5-13-11(12)9(7)10(14)8-3-2-6-15-8/h4-5,8H,2-3,6H2,1H3,(H2,12,13). The van der Waals surface area contributed by atoms with E-state index in [0.29, 0.717) is 11.4 Å². The normalized spacial score (nSPS) is 20.5. The van der Waals surface area contributed by atoms with Gasteiger partial charge in [-0.1, -0.05) is 0 Å². The van der Waals surface area contributed by atoms with Gasteiger partial charge in [0.25, 0.3) is 0 Å². The Bertz CT molecular complexity index is 366. The molecule has 4 heteroatoms. The van der Waals surface area contributed by atoms with E-state index in [9.17, 15) is 4.79 Å². The quantitative estimate of drug-likeness (QED) is 0.778. The van der Waals surface area contributed by atoms with Crippen molar-refractivity contribution in [1.82, 2.24) is 4.98 Å². The first-order valence-corrected chi connectivity index (χ1v) is 6.12. The first kappa shape index (κ1) is 10.5. The molecule has 0 amide bonds. The van der Waals surface area contributed by atoms with Gasteiger partial charge < -0.3 is 5.73 Å². The topological polar surface area (TPSA) is 56.0 Å². The average Bonchev–Trinajstić information content (AvgIpc) is 2.69. The van der Waals surface area contributed by atoms with Crippen molar-refractivity contribution in [3.63, 3.8) is 0 Å². The van der Waals surface area contributed by atoms with Gasteiger partial charge in [-0.05, 0) is 37.1 Å². The molecule has 0 radical (unpaired) electrons. The van der Waals surface area contributed by atoms with Gasteiger partial charge in [0.15, 0.2) is 5.78 Å². The van der Waals surface area contributed by atoms with Crippen LogP contribution in [0.4, 0.5) is 5.82 Å². The van der Waals surface area contributed by atoms with Crippen LogP contribution >= 0.6 is 11.8 Å². The predicted octanol–water partition coefficient (Wildman–Crippen LogP) is 2.05. The van der Waals surface area contributed by atoms with E-state index < -0.39 is 0 Å². The summed E-state index contributed by atoms with van der Waals surface area (Å²) in [6.45, 7) is 1.91. The molecule has 1 unspecified atom stereocenters. The van der Waals surface area contributed by atoms with Gasteiger partial charge in [0.1, 0.15) is 5.82 Å². The fourth-order valence-corrected chi connectivity index (χ4v) is 3.07. The van der Waals surface area contributed by atoms with E-state index in [0.717, 1.165) is 24.2 Å². The van der Waals surface area contributed by atoms with Crippen LogP contribution in [0.5, 0.6) is 0 Å². The van der Waals surface area contributed by atoms with Gasteiger partial charge in [-0.15, -0.1) is 0 Å². The Hall–Kier alpha value is -1.03. The van der Waals surface area contributed by atoms with Gasteiger partial charge in [-0.25, -0.2) is 4.98 Å². The molecule has 1 atom stereocenters. The van der Waals surface area contributed by atoms with Crippen LogP contribution in [0.25, 0.3) is 0 Å². The monoisotopic (exact) mass is 222 g/mol. The first-order chi connectivity index (χ1) is 7.20. The molecular weight excluding hydrogens is 208 g/mol. The van der Waals surface area contributed by atoms with E-state index in [1.807, 2.05) is 13.0 Å². The first-order valence-electron chi connectivity index (χ1n) is 5.07. The Balaban J connectivity index is 2.32. The van der Waals surface area contributed by atoms with E-state index in [1.54, 1.807) is 18.0 Å². The van der Waals surface area contributed by atoms with Crippen molar-refractivity contribution in [2.24, 2.45) is 0 Å². The number of Topliss-reactive ketones (excluding diaryl/α,β-unsaturated/α-hetero) is 1. The van der Waals surface area contributed by atoms with Crippen LogP contribution in [0.2, 0.25) is 0 Å². The summed E-state index contributed by atoms with van der Waals surface area (Å²) >= 11 is 1.73. The number of rotatable bonds is 2. The molecule has 0 spiro atoms. The Morgan fingerprint density at radius 3 is 3.07 bits per heavy atom. The Kier molecular flexibility index (Phi) is 2.95. The minimum atomic E-state index is 0.0928. The summed E-state index contributed by atoms with van der Waals surface area (Å²) < 4.78 is 0. The van der Waals surface area contributed by atoms with Gasteiger partial charge in [0.2, 0.25) is 0 Å². The van der Waals surface area contributed by atoms with Gasteiger partial charge in [0, 0.05) is 6.20 Å². The number of nitrogens with zero attached hydrogens (tertiary/aromatic N) is 1. The lowest BCUT2D eigenvalue weighted by Gasteiger charge is -2.11. The number of nitrogens with two attached hydrogens (primary N) is 1. The molecule has 3 nitrogen and oxygen atoms in total. The summed E-state index contributed by atoms with van der Waals surface area (Å²) in [4.78, 5) is 16.1. The van der Waals surface area contributed by atoms with Crippen molar-refractivity contribution in [3.8, 4) is 0 Å². The average molecular weight is 222 g/mol. The van der Waals surface area contributed by atoms with Crippen molar-refractivity contribution in [3.05, 3.63) is 23.4 Å². The summed E-state index contributed by atoms with van der Waals surface area (Å²) in [7, 11) is 0. The molecule has 1 aliphatic rings. The maximum absolute atomic E-state index is 12.1. The van der Waals surface area contributed by atoms with Crippen molar-refractivity contribution >= 4 is 23.4 Å². The van der Waals surface area contributed by atoms with E-state index in [-0.39, 0.29) is 11.0 Å². The molecule has 2 heterocycles. The van der Waals surface area contributed by atoms with Crippen LogP contribution in [0.3, 0.4) is 0 Å². The number of ketones is 1. The van der Waals surface area contributed by atoms with Gasteiger partial charge in [-0.3, -0.25) is 4.79 Å². The summed E-state index contributed by atoms with van der Waals surface area (Å²) in [6.07, 6.45) is 3.74. The minimum absolute atomic E-state index is 0.0928. The zero-order chi connectivity index (χ0) is 10.8. The van der Waals surface area contributed by atoms with Crippen molar-refractivity contribution in [1.29, 1.82) is 0 Å². The molecule has 0 aromatic carbocycles. The number of pyridine rings is 1. The molecule has 1 fully saturated rings. The summed E-state index contributed by atoms with van der Waals surface area (Å²) in [5.74, 6) is 1.60. The highest BCUT2D eigenvalue weighted by atomic mass is 32.2. The molecule has 15 heavy (non-hydrogen) atoms. The zero-order valence-electron chi connectivity index (χ0n) is 8.69. The third kappa shape index (κ3) is 2.00.